The van der Waals surface area contributed by atoms with E-state index in [9.17, 15) is 13.6 Å². The fourth-order valence-corrected chi connectivity index (χ4v) is 1.38. The van der Waals surface area contributed by atoms with Crippen LogP contribution in [0.4, 0.5) is 19.3 Å². The summed E-state index contributed by atoms with van der Waals surface area (Å²) in [5.74, 6) is -1.50. The average Bonchev–Trinajstić information content (AvgIpc) is 2.75. The van der Waals surface area contributed by atoms with Crippen LogP contribution in [0, 0.1) is 11.6 Å². The number of amides is 2. The number of halogens is 2. The molecule has 6 heteroatoms. The number of carbonyl (C=O) groups excluding carboxylic acids is 1. The first-order chi connectivity index (χ1) is 7.66. The number of hydroxylamine groups is 2. The fourth-order valence-electron chi connectivity index (χ4n) is 1.38. The molecule has 4 nitrogen and oxygen atoms in total. The second-order valence-electron chi connectivity index (χ2n) is 3.34. The lowest BCUT2D eigenvalue weighted by Gasteiger charge is -2.14. The van der Waals surface area contributed by atoms with Crippen molar-refractivity contribution >= 4 is 11.7 Å². The summed E-state index contributed by atoms with van der Waals surface area (Å²) in [6.07, 6.45) is 0.749. The Morgan fingerprint density at radius 1 is 1.44 bits per heavy atom. The zero-order valence-electron chi connectivity index (χ0n) is 8.37. The molecule has 1 aliphatic heterocycles. The Morgan fingerprint density at radius 3 is 2.88 bits per heavy atom. The number of anilines is 1. The Balaban J connectivity index is 2.05. The Morgan fingerprint density at radius 2 is 2.25 bits per heavy atom. The van der Waals surface area contributed by atoms with Gasteiger partial charge in [0.1, 0.15) is 11.6 Å². The maximum absolute atomic E-state index is 13.2. The van der Waals surface area contributed by atoms with Crippen molar-refractivity contribution in [2.24, 2.45) is 0 Å². The van der Waals surface area contributed by atoms with Crippen LogP contribution in [-0.2, 0) is 4.84 Å². The van der Waals surface area contributed by atoms with Crippen LogP contribution in [0.1, 0.15) is 6.42 Å². The van der Waals surface area contributed by atoms with Gasteiger partial charge < -0.3 is 5.32 Å². The van der Waals surface area contributed by atoms with Crippen molar-refractivity contribution in [2.75, 3.05) is 18.5 Å². The zero-order valence-corrected chi connectivity index (χ0v) is 8.37. The van der Waals surface area contributed by atoms with Crippen LogP contribution >= 0.6 is 0 Å². The SMILES string of the molecule is O=C(Nc1ccc(F)cc1F)N1CCCO1. The lowest BCUT2D eigenvalue weighted by Crippen LogP contribution is -2.31. The number of nitrogens with one attached hydrogen (secondary N) is 1. The fraction of sp³-hybridized carbons (Fsp3) is 0.300. The van der Waals surface area contributed by atoms with Crippen molar-refractivity contribution in [3.05, 3.63) is 29.8 Å². The molecule has 86 valence electrons. The normalized spacial score (nSPS) is 15.2. The zero-order chi connectivity index (χ0) is 11.5. The second-order valence-corrected chi connectivity index (χ2v) is 3.34. The molecule has 0 aliphatic carbocycles. The average molecular weight is 228 g/mol. The van der Waals surface area contributed by atoms with E-state index in [1.165, 1.54) is 6.07 Å². The van der Waals surface area contributed by atoms with Crippen molar-refractivity contribution in [3.63, 3.8) is 0 Å². The molecule has 0 bridgehead atoms. The number of rotatable bonds is 1. The third-order valence-electron chi connectivity index (χ3n) is 2.15. The van der Waals surface area contributed by atoms with E-state index in [0.29, 0.717) is 19.2 Å². The summed E-state index contributed by atoms with van der Waals surface area (Å²) in [6, 6.07) is 2.39. The van der Waals surface area contributed by atoms with Crippen LogP contribution < -0.4 is 5.32 Å². The first kappa shape index (κ1) is 10.8. The van der Waals surface area contributed by atoms with Crippen molar-refractivity contribution in [1.82, 2.24) is 5.06 Å². The van der Waals surface area contributed by atoms with Crippen LogP contribution in [0.2, 0.25) is 0 Å². The quantitative estimate of drug-likeness (QED) is 0.800. The van der Waals surface area contributed by atoms with E-state index >= 15 is 0 Å². The molecular weight excluding hydrogens is 218 g/mol. The molecule has 1 fully saturated rings. The number of urea groups is 1. The highest BCUT2D eigenvalue weighted by Gasteiger charge is 2.20. The van der Waals surface area contributed by atoms with Gasteiger partial charge in [-0.05, 0) is 18.6 Å². The number of benzene rings is 1. The van der Waals surface area contributed by atoms with Gasteiger partial charge in [0.2, 0.25) is 0 Å². The maximum Gasteiger partial charge on any atom is 0.345 e. The second kappa shape index (κ2) is 4.44. The Labute approximate surface area is 90.8 Å². The highest BCUT2D eigenvalue weighted by Crippen LogP contribution is 2.16. The first-order valence-corrected chi connectivity index (χ1v) is 4.83. The van der Waals surface area contributed by atoms with Gasteiger partial charge in [-0.1, -0.05) is 0 Å². The molecule has 0 unspecified atom stereocenters. The Hall–Kier alpha value is -1.69. The molecule has 0 saturated carbocycles. The van der Waals surface area contributed by atoms with E-state index in [-0.39, 0.29) is 5.69 Å². The third-order valence-corrected chi connectivity index (χ3v) is 2.15. The molecule has 0 radical (unpaired) electrons. The summed E-state index contributed by atoms with van der Waals surface area (Å²) in [7, 11) is 0. The molecule has 1 heterocycles. The van der Waals surface area contributed by atoms with Crippen LogP contribution in [0.3, 0.4) is 0 Å². The topological polar surface area (TPSA) is 41.6 Å². The molecule has 1 saturated heterocycles. The molecular formula is C10H10F2N2O2. The molecule has 2 rings (SSSR count). The van der Waals surface area contributed by atoms with E-state index in [2.05, 4.69) is 5.32 Å². The summed E-state index contributed by atoms with van der Waals surface area (Å²) in [5, 5.41) is 3.41. The molecule has 1 aliphatic rings. The van der Waals surface area contributed by atoms with E-state index in [4.69, 9.17) is 4.84 Å². The smallest absolute Gasteiger partial charge is 0.303 e. The van der Waals surface area contributed by atoms with Crippen molar-refractivity contribution in [3.8, 4) is 0 Å². The number of carbonyl (C=O) groups is 1. The minimum absolute atomic E-state index is 0.0677. The minimum Gasteiger partial charge on any atom is -0.303 e. The van der Waals surface area contributed by atoms with Crippen LogP contribution in [0.5, 0.6) is 0 Å². The molecule has 0 aromatic heterocycles. The van der Waals surface area contributed by atoms with Gasteiger partial charge in [0.05, 0.1) is 18.8 Å². The number of hydrogen-bond acceptors (Lipinski definition) is 2. The molecule has 1 N–H and O–H groups in total. The lowest BCUT2D eigenvalue weighted by atomic mass is 10.3. The Bertz CT molecular complexity index is 406. The summed E-state index contributed by atoms with van der Waals surface area (Å²) < 4.78 is 25.8. The van der Waals surface area contributed by atoms with Gasteiger partial charge in [-0.3, -0.25) is 4.84 Å². The highest BCUT2D eigenvalue weighted by atomic mass is 19.1. The third kappa shape index (κ3) is 2.27. The van der Waals surface area contributed by atoms with Gasteiger partial charge in [-0.25, -0.2) is 18.6 Å². The standard InChI is InChI=1S/C10H10F2N2O2/c11-7-2-3-9(8(12)6-7)13-10(15)14-4-1-5-16-14/h2-3,6H,1,4-5H2,(H,13,15). The van der Waals surface area contributed by atoms with Crippen molar-refractivity contribution in [2.45, 2.75) is 6.42 Å². The minimum atomic E-state index is -0.812. The van der Waals surface area contributed by atoms with Gasteiger partial charge in [0.25, 0.3) is 0 Å². The monoisotopic (exact) mass is 228 g/mol. The van der Waals surface area contributed by atoms with Crippen molar-refractivity contribution in [1.29, 1.82) is 0 Å². The van der Waals surface area contributed by atoms with Crippen LogP contribution in [0.15, 0.2) is 18.2 Å². The lowest BCUT2D eigenvalue weighted by molar-refractivity contribution is -0.0614. The molecule has 2 amide bonds. The molecule has 0 spiro atoms. The first-order valence-electron chi connectivity index (χ1n) is 4.83. The van der Waals surface area contributed by atoms with Crippen molar-refractivity contribution < 1.29 is 18.4 Å². The molecule has 1 aromatic carbocycles. The van der Waals surface area contributed by atoms with Gasteiger partial charge >= 0.3 is 6.03 Å². The van der Waals surface area contributed by atoms with E-state index < -0.39 is 17.7 Å². The number of nitrogens with zero attached hydrogens (tertiary/aromatic N) is 1. The van der Waals surface area contributed by atoms with Gasteiger partial charge in [-0.15, -0.1) is 0 Å². The maximum atomic E-state index is 13.2. The van der Waals surface area contributed by atoms with Gasteiger partial charge in [0, 0.05) is 6.07 Å². The predicted molar refractivity (Wildman–Crippen MR) is 52.7 cm³/mol. The van der Waals surface area contributed by atoms with Crippen LogP contribution in [0.25, 0.3) is 0 Å². The Kier molecular flexibility index (Phi) is 3.00. The summed E-state index contributed by atoms with van der Waals surface area (Å²) in [4.78, 5) is 16.5. The molecule has 0 atom stereocenters. The van der Waals surface area contributed by atoms with Gasteiger partial charge in [0.15, 0.2) is 0 Å². The summed E-state index contributed by atoms with van der Waals surface area (Å²) >= 11 is 0. The summed E-state index contributed by atoms with van der Waals surface area (Å²) in [5.41, 5.74) is -0.0677. The van der Waals surface area contributed by atoms with E-state index in [0.717, 1.165) is 17.6 Å². The predicted octanol–water partition coefficient (Wildman–Crippen LogP) is 2.13. The van der Waals surface area contributed by atoms with E-state index in [1.807, 2.05) is 0 Å². The van der Waals surface area contributed by atoms with Gasteiger partial charge in [-0.2, -0.15) is 0 Å². The highest BCUT2D eigenvalue weighted by molar-refractivity contribution is 5.88. The molecule has 16 heavy (non-hydrogen) atoms. The summed E-state index contributed by atoms with van der Waals surface area (Å²) in [6.45, 7) is 0.938. The largest absolute Gasteiger partial charge is 0.345 e. The van der Waals surface area contributed by atoms with E-state index in [1.54, 1.807) is 0 Å². The molecule has 1 aromatic rings. The number of hydrogen-bond donors (Lipinski definition) is 1. The van der Waals surface area contributed by atoms with Crippen LogP contribution in [-0.4, -0.2) is 24.2 Å².